The van der Waals surface area contributed by atoms with E-state index in [-0.39, 0.29) is 25.5 Å². The van der Waals surface area contributed by atoms with Crippen molar-refractivity contribution >= 4 is 27.7 Å². The van der Waals surface area contributed by atoms with Gasteiger partial charge in [-0.1, -0.05) is 76.6 Å². The van der Waals surface area contributed by atoms with Crippen molar-refractivity contribution < 1.29 is 32.5 Å². The summed E-state index contributed by atoms with van der Waals surface area (Å²) in [6, 6.07) is 28.8. The molecule has 1 aliphatic rings. The van der Waals surface area contributed by atoms with E-state index in [9.17, 15) is 18.0 Å². The molecule has 7 nitrogen and oxygen atoms in total. The summed E-state index contributed by atoms with van der Waals surface area (Å²) in [5.74, 6) is 0.362. The number of benzene rings is 4. The Bertz CT molecular complexity index is 1620. The lowest BCUT2D eigenvalue weighted by Crippen LogP contribution is -2.53. The number of alkyl halides is 3. The van der Waals surface area contributed by atoms with Crippen LogP contribution in [0.25, 0.3) is 0 Å². The number of halogens is 4. The molecule has 0 aromatic heterocycles. The summed E-state index contributed by atoms with van der Waals surface area (Å²) in [5.41, 5.74) is 5.78. The topological polar surface area (TPSA) is 92.2 Å². The SMILES string of the molecule is O=C(NNCc1cccc(C(F)(F)F)c1)[C@@]1(Cc2ccccc2)N=C(c2ccc(OCCCO)cc2)O[C@H]1c1ccc(Br)cc1. The predicted molar refractivity (Wildman–Crippen MR) is 167 cm³/mol. The zero-order valence-electron chi connectivity index (χ0n) is 24.1. The molecule has 0 unspecified atom stereocenters. The largest absolute Gasteiger partial charge is 0.494 e. The molecule has 1 amide bonds. The van der Waals surface area contributed by atoms with Crippen molar-refractivity contribution in [1.29, 1.82) is 0 Å². The van der Waals surface area contributed by atoms with Gasteiger partial charge < -0.3 is 14.6 Å². The van der Waals surface area contributed by atoms with E-state index in [0.29, 0.717) is 35.5 Å². The van der Waals surface area contributed by atoms with E-state index in [4.69, 9.17) is 19.6 Å². The maximum Gasteiger partial charge on any atom is 0.416 e. The molecule has 1 aliphatic heterocycles. The van der Waals surface area contributed by atoms with Crippen molar-refractivity contribution in [2.75, 3.05) is 13.2 Å². The van der Waals surface area contributed by atoms with Crippen molar-refractivity contribution in [3.8, 4) is 5.75 Å². The van der Waals surface area contributed by atoms with Crippen molar-refractivity contribution in [1.82, 2.24) is 10.9 Å². The minimum atomic E-state index is -4.48. The van der Waals surface area contributed by atoms with Crippen LogP contribution in [-0.2, 0) is 28.7 Å². The zero-order valence-corrected chi connectivity index (χ0v) is 25.6. The van der Waals surface area contributed by atoms with Gasteiger partial charge in [-0.3, -0.25) is 10.2 Å². The Balaban J connectivity index is 1.48. The lowest BCUT2D eigenvalue weighted by molar-refractivity contribution is -0.137. The van der Waals surface area contributed by atoms with Crippen LogP contribution in [0.5, 0.6) is 5.75 Å². The number of hydrogen-bond donors (Lipinski definition) is 3. The van der Waals surface area contributed by atoms with E-state index >= 15 is 0 Å². The van der Waals surface area contributed by atoms with Gasteiger partial charge in [-0.25, -0.2) is 10.4 Å². The second-order valence-corrected chi connectivity index (χ2v) is 11.4. The fourth-order valence-electron chi connectivity index (χ4n) is 5.02. The van der Waals surface area contributed by atoms with Gasteiger partial charge in [0.05, 0.1) is 12.2 Å². The van der Waals surface area contributed by atoms with E-state index in [1.165, 1.54) is 6.07 Å². The molecule has 0 saturated carbocycles. The Kier molecular flexibility index (Phi) is 10.2. The smallest absolute Gasteiger partial charge is 0.416 e. The maximum absolute atomic E-state index is 14.2. The number of aliphatic hydroxyl groups excluding tert-OH is 1. The highest BCUT2D eigenvalue weighted by molar-refractivity contribution is 9.10. The monoisotopic (exact) mass is 681 g/mol. The van der Waals surface area contributed by atoms with Crippen LogP contribution >= 0.6 is 15.9 Å². The third kappa shape index (κ3) is 7.91. The first-order valence-electron chi connectivity index (χ1n) is 14.3. The van der Waals surface area contributed by atoms with E-state index in [0.717, 1.165) is 22.2 Å². The van der Waals surface area contributed by atoms with Crippen LogP contribution in [-0.4, -0.2) is 35.7 Å². The van der Waals surface area contributed by atoms with Crippen LogP contribution in [0.15, 0.2) is 113 Å². The van der Waals surface area contributed by atoms with Gasteiger partial charge in [-0.05, 0) is 59.2 Å². The number of nitrogens with one attached hydrogen (secondary N) is 2. The van der Waals surface area contributed by atoms with Gasteiger partial charge >= 0.3 is 6.18 Å². The standard InChI is InChI=1S/C34H31BrF3N3O4/c35-28-14-10-25(11-15-28)30-33(21-23-6-2-1-3-7-23,32(43)41-39-22-24-8-4-9-27(20-24)34(36,37)38)40-31(45-30)26-12-16-29(17-13-26)44-19-5-18-42/h1-4,6-17,20,30,39,42H,5,18-19,21-22H2,(H,41,43)/t30-,33-/m0/s1. The van der Waals surface area contributed by atoms with Crippen LogP contribution in [0.1, 0.15) is 40.3 Å². The van der Waals surface area contributed by atoms with Crippen LogP contribution in [0.3, 0.4) is 0 Å². The van der Waals surface area contributed by atoms with Crippen LogP contribution < -0.4 is 15.6 Å². The van der Waals surface area contributed by atoms with E-state index in [1.54, 1.807) is 30.3 Å². The van der Waals surface area contributed by atoms with Crippen LogP contribution in [0.2, 0.25) is 0 Å². The number of nitrogens with zero attached hydrogens (tertiary/aromatic N) is 1. The lowest BCUT2D eigenvalue weighted by atomic mass is 9.82. The zero-order chi connectivity index (χ0) is 31.9. The molecule has 4 aromatic rings. The molecule has 1 heterocycles. The average molecular weight is 683 g/mol. The van der Waals surface area contributed by atoms with Crippen LogP contribution in [0.4, 0.5) is 13.2 Å². The molecule has 0 spiro atoms. The minimum absolute atomic E-state index is 0.0283. The lowest BCUT2D eigenvalue weighted by Gasteiger charge is -2.31. The number of carbonyl (C=O) groups excluding carboxylic acids is 1. The second-order valence-electron chi connectivity index (χ2n) is 10.5. The quantitative estimate of drug-likeness (QED) is 0.117. The highest BCUT2D eigenvalue weighted by Crippen LogP contribution is 2.43. The predicted octanol–water partition coefficient (Wildman–Crippen LogP) is 6.55. The Morgan fingerprint density at radius 1 is 0.956 bits per heavy atom. The molecule has 0 bridgehead atoms. The summed E-state index contributed by atoms with van der Waals surface area (Å²) in [4.78, 5) is 19.2. The third-order valence-corrected chi connectivity index (χ3v) is 7.80. The molecule has 0 aliphatic carbocycles. The van der Waals surface area contributed by atoms with E-state index in [2.05, 4.69) is 26.8 Å². The fraction of sp³-hybridized carbons (Fsp3) is 0.235. The number of amides is 1. The average Bonchev–Trinajstić information content (AvgIpc) is 3.42. The van der Waals surface area contributed by atoms with Gasteiger partial charge in [0, 0.05) is 36.0 Å². The fourth-order valence-corrected chi connectivity index (χ4v) is 5.28. The Morgan fingerprint density at radius 2 is 1.67 bits per heavy atom. The number of hydrazine groups is 1. The van der Waals surface area contributed by atoms with Crippen molar-refractivity contribution in [2.45, 2.75) is 37.2 Å². The minimum Gasteiger partial charge on any atom is -0.494 e. The molecule has 234 valence electrons. The van der Waals surface area contributed by atoms with Gasteiger partial charge in [0.2, 0.25) is 5.90 Å². The highest BCUT2D eigenvalue weighted by Gasteiger charge is 2.53. The third-order valence-electron chi connectivity index (χ3n) is 7.27. The summed E-state index contributed by atoms with van der Waals surface area (Å²) in [5, 5.41) is 9.02. The van der Waals surface area contributed by atoms with Gasteiger partial charge in [0.1, 0.15) is 5.75 Å². The number of aliphatic hydroxyl groups is 1. The summed E-state index contributed by atoms with van der Waals surface area (Å²) < 4.78 is 52.7. The number of rotatable bonds is 12. The molecule has 3 N–H and O–H groups in total. The molecular weight excluding hydrogens is 651 g/mol. The summed E-state index contributed by atoms with van der Waals surface area (Å²) in [6.07, 6.45) is -4.63. The van der Waals surface area contributed by atoms with Gasteiger partial charge in [0.25, 0.3) is 5.91 Å². The van der Waals surface area contributed by atoms with Crippen molar-refractivity contribution in [3.63, 3.8) is 0 Å². The van der Waals surface area contributed by atoms with Gasteiger partial charge in [-0.15, -0.1) is 0 Å². The highest BCUT2D eigenvalue weighted by atomic mass is 79.9. The first-order valence-corrected chi connectivity index (χ1v) is 15.1. The number of hydrogen-bond acceptors (Lipinski definition) is 6. The number of ether oxygens (including phenoxy) is 2. The van der Waals surface area contributed by atoms with E-state index < -0.39 is 29.3 Å². The Labute approximate surface area is 267 Å². The Hall–Kier alpha value is -4.19. The molecule has 11 heteroatoms. The molecule has 2 atom stereocenters. The molecular formula is C34H31BrF3N3O4. The first kappa shape index (κ1) is 32.2. The van der Waals surface area contributed by atoms with Crippen LogP contribution in [0, 0.1) is 0 Å². The molecule has 0 saturated heterocycles. The molecule has 45 heavy (non-hydrogen) atoms. The molecule has 0 radical (unpaired) electrons. The van der Waals surface area contributed by atoms with Crippen molar-refractivity contribution in [3.05, 3.63) is 135 Å². The Morgan fingerprint density at radius 3 is 2.36 bits per heavy atom. The molecule has 0 fully saturated rings. The molecule has 4 aromatic carbocycles. The van der Waals surface area contributed by atoms with E-state index in [1.807, 2.05) is 54.6 Å². The molecule has 5 rings (SSSR count). The summed E-state index contributed by atoms with van der Waals surface area (Å²) in [6.45, 7) is 0.350. The normalized spacial score (nSPS) is 17.8. The number of aliphatic imine (C=N–C) groups is 1. The summed E-state index contributed by atoms with van der Waals surface area (Å²) >= 11 is 3.46. The van der Waals surface area contributed by atoms with Gasteiger partial charge in [-0.2, -0.15) is 13.2 Å². The van der Waals surface area contributed by atoms with Crippen molar-refractivity contribution in [2.24, 2.45) is 4.99 Å². The maximum atomic E-state index is 14.2. The second kappa shape index (κ2) is 14.3. The van der Waals surface area contributed by atoms with Gasteiger partial charge in [0.15, 0.2) is 11.6 Å². The summed E-state index contributed by atoms with van der Waals surface area (Å²) in [7, 11) is 0. The number of carbonyl (C=O) groups is 1. The first-order chi connectivity index (χ1) is 21.7.